The maximum Gasteiger partial charge on any atom is 0.258 e. The van der Waals surface area contributed by atoms with Gasteiger partial charge in [-0.3, -0.25) is 9.59 Å². The Labute approximate surface area is 216 Å². The second-order valence-corrected chi connectivity index (χ2v) is 10.3. The number of hydrogen-bond donors (Lipinski definition) is 0. The zero-order valence-corrected chi connectivity index (χ0v) is 20.9. The van der Waals surface area contributed by atoms with Gasteiger partial charge in [0.15, 0.2) is 11.6 Å². The Balaban J connectivity index is 0.000000210. The smallest absolute Gasteiger partial charge is 0.258 e. The number of carbonyl (C=O) groups is 2. The predicted molar refractivity (Wildman–Crippen MR) is 143 cm³/mol. The molecule has 1 fully saturated rings. The van der Waals surface area contributed by atoms with Gasteiger partial charge in [0.2, 0.25) is 5.82 Å². The van der Waals surface area contributed by atoms with Gasteiger partial charge in [-0.25, -0.2) is 0 Å². The highest BCUT2D eigenvalue weighted by Crippen LogP contribution is 2.34. The van der Waals surface area contributed by atoms with E-state index in [1.165, 1.54) is 43.2 Å². The molecule has 4 aromatic rings. The average molecular weight is 491 g/mol. The van der Waals surface area contributed by atoms with E-state index in [1.54, 1.807) is 0 Å². The number of nitrogens with zero attached hydrogens (tertiary/aromatic N) is 2. The second-order valence-electron chi connectivity index (χ2n) is 10.3. The van der Waals surface area contributed by atoms with Gasteiger partial charge in [0.1, 0.15) is 0 Å². The molecule has 1 saturated carbocycles. The van der Waals surface area contributed by atoms with E-state index in [4.69, 9.17) is 4.52 Å². The number of rotatable bonds is 3. The maximum atomic E-state index is 11.8. The summed E-state index contributed by atoms with van der Waals surface area (Å²) in [6, 6.07) is 22.2. The first-order valence-electron chi connectivity index (χ1n) is 13.4. The zero-order valence-electron chi connectivity index (χ0n) is 20.9. The lowest BCUT2D eigenvalue weighted by molar-refractivity contribution is 0.0986. The molecule has 5 heteroatoms. The predicted octanol–water partition coefficient (Wildman–Crippen LogP) is 7.40. The Morgan fingerprint density at radius 2 is 1.35 bits per heavy atom. The van der Waals surface area contributed by atoms with Crippen LogP contribution in [0.4, 0.5) is 0 Å². The summed E-state index contributed by atoms with van der Waals surface area (Å²) in [4.78, 5) is 27.4. The van der Waals surface area contributed by atoms with Gasteiger partial charge in [-0.1, -0.05) is 73.0 Å². The quantitative estimate of drug-likeness (QED) is 0.299. The van der Waals surface area contributed by atoms with E-state index in [2.05, 4.69) is 34.4 Å². The highest BCUT2D eigenvalue weighted by atomic mass is 16.5. The fourth-order valence-electron chi connectivity index (χ4n) is 5.78. The Hall–Kier alpha value is -3.86. The van der Waals surface area contributed by atoms with Crippen LogP contribution in [0.3, 0.4) is 0 Å². The van der Waals surface area contributed by atoms with E-state index < -0.39 is 0 Å². The third-order valence-corrected chi connectivity index (χ3v) is 7.88. The number of Topliss-reactive ketones (excluding diaryl/α,β-unsaturated/α-hetero) is 2. The number of carbonyl (C=O) groups excluding carboxylic acids is 2. The van der Waals surface area contributed by atoms with Gasteiger partial charge in [0, 0.05) is 35.1 Å². The molecule has 3 aliphatic rings. The van der Waals surface area contributed by atoms with E-state index in [0.29, 0.717) is 36.3 Å². The van der Waals surface area contributed by atoms with Crippen molar-refractivity contribution in [3.05, 3.63) is 94.5 Å². The minimum absolute atomic E-state index is 0.225. The molecule has 0 unspecified atom stereocenters. The Morgan fingerprint density at radius 1 is 0.676 bits per heavy atom. The first-order chi connectivity index (χ1) is 18.2. The summed E-state index contributed by atoms with van der Waals surface area (Å²) in [7, 11) is 0. The summed E-state index contributed by atoms with van der Waals surface area (Å²) < 4.78 is 5.50. The highest BCUT2D eigenvalue weighted by molar-refractivity contribution is 6.01. The molecule has 186 valence electrons. The molecule has 3 aromatic carbocycles. The fourth-order valence-corrected chi connectivity index (χ4v) is 5.78. The van der Waals surface area contributed by atoms with Gasteiger partial charge in [-0.15, -0.1) is 0 Å². The number of hydrogen-bond acceptors (Lipinski definition) is 5. The number of aromatic nitrogens is 2. The minimum atomic E-state index is 0.225. The van der Waals surface area contributed by atoms with Crippen LogP contribution >= 0.6 is 0 Å². The maximum absolute atomic E-state index is 11.8. The third-order valence-electron chi connectivity index (χ3n) is 7.88. The molecule has 7 rings (SSSR count). The van der Waals surface area contributed by atoms with Crippen LogP contribution in [-0.2, 0) is 12.8 Å². The van der Waals surface area contributed by atoms with Gasteiger partial charge in [-0.05, 0) is 66.5 Å². The molecule has 0 amide bonds. The van der Waals surface area contributed by atoms with Crippen LogP contribution in [0.2, 0.25) is 0 Å². The topological polar surface area (TPSA) is 73.1 Å². The molecule has 0 spiro atoms. The van der Waals surface area contributed by atoms with Gasteiger partial charge in [0.25, 0.3) is 5.89 Å². The van der Waals surface area contributed by atoms with E-state index >= 15 is 0 Å². The number of fused-ring (bicyclic) bond motifs is 2. The standard InChI is InChI=1S/C23H22N2O2.C9H8O/c26-21-13-11-18-14-19(10-12-20(18)21)22-24-23(27-25-22)17-8-6-16(7-9-17)15-4-2-1-3-5-15;10-9-6-5-7-3-1-2-4-8(7)9/h6-10,12,14-15H,1-5,11,13H2;1-4H,5-6H2. The molecule has 5 nitrogen and oxygen atoms in total. The number of aryl methyl sites for hydroxylation is 2. The van der Waals surface area contributed by atoms with Crippen molar-refractivity contribution in [2.75, 3.05) is 0 Å². The molecule has 3 aliphatic carbocycles. The highest BCUT2D eigenvalue weighted by Gasteiger charge is 2.21. The van der Waals surface area contributed by atoms with E-state index in [-0.39, 0.29) is 5.78 Å². The van der Waals surface area contributed by atoms with Crippen LogP contribution in [0.5, 0.6) is 0 Å². The molecular formula is C32H30N2O3. The Morgan fingerprint density at radius 3 is 2.11 bits per heavy atom. The third kappa shape index (κ3) is 4.91. The summed E-state index contributed by atoms with van der Waals surface area (Å²) >= 11 is 0. The molecule has 1 aromatic heterocycles. The summed E-state index contributed by atoms with van der Waals surface area (Å²) in [6.07, 6.45) is 9.69. The van der Waals surface area contributed by atoms with Crippen LogP contribution in [0, 0.1) is 0 Å². The van der Waals surface area contributed by atoms with Crippen molar-refractivity contribution in [3.63, 3.8) is 0 Å². The molecule has 0 saturated heterocycles. The molecule has 0 atom stereocenters. The second kappa shape index (κ2) is 10.3. The summed E-state index contributed by atoms with van der Waals surface area (Å²) in [5.41, 5.74) is 7.33. The van der Waals surface area contributed by atoms with Crippen molar-refractivity contribution in [3.8, 4) is 22.8 Å². The van der Waals surface area contributed by atoms with Gasteiger partial charge in [0.05, 0.1) is 0 Å². The summed E-state index contributed by atoms with van der Waals surface area (Å²) in [5, 5.41) is 4.15. The number of ketones is 2. The SMILES string of the molecule is O=C1CCc2cc(-c3noc(-c4ccc(C5CCCCC5)cc4)n3)ccc21.O=C1CCc2ccccc21. The fraction of sp³-hybridized carbons (Fsp3) is 0.312. The van der Waals surface area contributed by atoms with Crippen LogP contribution in [0.1, 0.15) is 88.3 Å². The lowest BCUT2D eigenvalue weighted by atomic mass is 9.84. The minimum Gasteiger partial charge on any atom is -0.334 e. The van der Waals surface area contributed by atoms with Crippen molar-refractivity contribution in [1.29, 1.82) is 0 Å². The van der Waals surface area contributed by atoms with Crippen LogP contribution in [-0.4, -0.2) is 21.7 Å². The van der Waals surface area contributed by atoms with E-state index in [0.717, 1.165) is 40.7 Å². The molecule has 0 radical (unpaired) electrons. The van der Waals surface area contributed by atoms with Crippen molar-refractivity contribution >= 4 is 11.6 Å². The monoisotopic (exact) mass is 490 g/mol. The van der Waals surface area contributed by atoms with Gasteiger partial charge < -0.3 is 4.52 Å². The average Bonchev–Trinajstić information content (AvgIpc) is 3.69. The zero-order chi connectivity index (χ0) is 25.2. The molecular weight excluding hydrogens is 460 g/mol. The van der Waals surface area contributed by atoms with E-state index in [1.807, 2.05) is 42.5 Å². The Kier molecular flexibility index (Phi) is 6.52. The van der Waals surface area contributed by atoms with Crippen LogP contribution < -0.4 is 0 Å². The summed E-state index contributed by atoms with van der Waals surface area (Å²) in [5.74, 6) is 2.33. The van der Waals surface area contributed by atoms with Gasteiger partial charge >= 0.3 is 0 Å². The van der Waals surface area contributed by atoms with Crippen LogP contribution in [0.25, 0.3) is 22.8 Å². The van der Waals surface area contributed by atoms with Gasteiger partial charge in [-0.2, -0.15) is 4.98 Å². The number of benzene rings is 3. The molecule has 37 heavy (non-hydrogen) atoms. The first kappa shape index (κ1) is 23.5. The normalized spacial score (nSPS) is 16.8. The molecule has 0 aliphatic heterocycles. The van der Waals surface area contributed by atoms with Crippen molar-refractivity contribution in [2.45, 2.75) is 63.7 Å². The van der Waals surface area contributed by atoms with Crippen LogP contribution in [0.15, 0.2) is 71.3 Å². The van der Waals surface area contributed by atoms with Crippen molar-refractivity contribution in [1.82, 2.24) is 10.1 Å². The molecule has 0 N–H and O–H groups in total. The lowest BCUT2D eigenvalue weighted by Gasteiger charge is -2.21. The lowest BCUT2D eigenvalue weighted by Crippen LogP contribution is -2.04. The van der Waals surface area contributed by atoms with Crippen molar-refractivity contribution < 1.29 is 14.1 Å². The Bertz CT molecular complexity index is 1450. The molecule has 1 heterocycles. The largest absolute Gasteiger partial charge is 0.334 e. The van der Waals surface area contributed by atoms with Crippen molar-refractivity contribution in [2.24, 2.45) is 0 Å². The molecule has 0 bridgehead atoms. The first-order valence-corrected chi connectivity index (χ1v) is 13.4. The van der Waals surface area contributed by atoms with E-state index in [9.17, 15) is 9.59 Å². The summed E-state index contributed by atoms with van der Waals surface area (Å²) in [6.45, 7) is 0.